The summed E-state index contributed by atoms with van der Waals surface area (Å²) in [7, 11) is -2.79. The number of hydrogen-bond donors (Lipinski definition) is 0. The molecule has 0 bridgehead atoms. The molecule has 0 aliphatic rings. The van der Waals surface area contributed by atoms with Gasteiger partial charge in [-0.05, 0) is 47.5 Å². The summed E-state index contributed by atoms with van der Waals surface area (Å²) < 4.78 is 78.9. The van der Waals surface area contributed by atoms with Gasteiger partial charge in [0.2, 0.25) is 0 Å². The van der Waals surface area contributed by atoms with E-state index in [1.165, 1.54) is 62.8 Å². The third-order valence-electron chi connectivity index (χ3n) is 3.72. The molecule has 0 saturated carbocycles. The molecule has 29 heavy (non-hydrogen) atoms. The molecule has 0 fully saturated rings. The normalized spacial score (nSPS) is 16.5. The van der Waals surface area contributed by atoms with Gasteiger partial charge in [-0.15, -0.1) is 0 Å². The summed E-state index contributed by atoms with van der Waals surface area (Å²) in [6, 6.07) is 7.16. The minimum atomic E-state index is -2.69. The van der Waals surface area contributed by atoms with Gasteiger partial charge in [-0.2, -0.15) is 0 Å². The SMILES string of the molecule is [2H]/C(=C\c1ccc(OC([2H])([2H])[2H])c(OC)c1)C(=O)CC(=O)/C([2H])=C/c1ccc(OC([2H])([2H])[2H])c(OC)c1. The van der Waals surface area contributed by atoms with Crippen LogP contribution in [0.3, 0.4) is 0 Å². The Morgan fingerprint density at radius 1 is 0.793 bits per heavy atom. The topological polar surface area (TPSA) is 71.1 Å². The Hall–Kier alpha value is -3.54. The highest BCUT2D eigenvalue weighted by atomic mass is 16.5. The second kappa shape index (κ2) is 10.7. The number of ether oxygens (including phenoxy) is 4. The Kier molecular flexibility index (Phi) is 4.74. The maximum Gasteiger partial charge on any atom is 0.163 e. The van der Waals surface area contributed by atoms with Crippen molar-refractivity contribution in [2.45, 2.75) is 6.42 Å². The predicted octanol–water partition coefficient (Wildman–Crippen LogP) is 3.98. The van der Waals surface area contributed by atoms with Crippen LogP contribution in [0.5, 0.6) is 23.0 Å². The van der Waals surface area contributed by atoms with E-state index in [2.05, 4.69) is 0 Å². The van der Waals surface area contributed by atoms with Crippen molar-refractivity contribution in [2.24, 2.45) is 0 Å². The Morgan fingerprint density at radius 3 is 1.62 bits per heavy atom. The average molecular weight is 404 g/mol. The molecule has 2 aromatic rings. The standard InChI is InChI=1S/C23H24O6/c1-26-20-11-7-16(13-22(20)28-3)5-9-18(24)15-19(25)10-6-17-8-12-21(27-2)23(14-17)29-4/h5-14H,15H2,1-4H3/b9-5+,10-6+/i1D3,2D3,9D,10D. The van der Waals surface area contributed by atoms with Gasteiger partial charge in [0.1, 0.15) is 0 Å². The van der Waals surface area contributed by atoms with Crippen LogP contribution in [0.1, 0.15) is 28.5 Å². The number of hydrogen-bond acceptors (Lipinski definition) is 6. The van der Waals surface area contributed by atoms with Gasteiger partial charge in [-0.3, -0.25) is 9.59 Å². The molecule has 0 amide bonds. The quantitative estimate of drug-likeness (QED) is 0.441. The first-order valence-corrected chi connectivity index (χ1v) is 8.29. The van der Waals surface area contributed by atoms with Crippen molar-refractivity contribution >= 4 is 23.7 Å². The van der Waals surface area contributed by atoms with Crippen LogP contribution < -0.4 is 18.9 Å². The highest BCUT2D eigenvalue weighted by Gasteiger charge is 2.07. The monoisotopic (exact) mass is 404 g/mol. The zero-order valence-electron chi connectivity index (χ0n) is 23.8. The number of allylic oxidation sites excluding steroid dienone is 2. The van der Waals surface area contributed by atoms with E-state index in [-0.39, 0.29) is 23.0 Å². The van der Waals surface area contributed by atoms with E-state index in [9.17, 15) is 9.59 Å². The maximum atomic E-state index is 12.4. The molecular weight excluding hydrogens is 372 g/mol. The third-order valence-corrected chi connectivity index (χ3v) is 3.72. The number of methoxy groups -OCH3 is 4. The van der Waals surface area contributed by atoms with Crippen molar-refractivity contribution in [1.82, 2.24) is 0 Å². The largest absolute Gasteiger partial charge is 0.493 e. The van der Waals surface area contributed by atoms with Gasteiger partial charge in [-0.1, -0.05) is 24.3 Å². The average Bonchev–Trinajstić information content (AvgIpc) is 2.78. The van der Waals surface area contributed by atoms with Crippen molar-refractivity contribution in [3.8, 4) is 23.0 Å². The molecule has 0 aromatic heterocycles. The molecule has 6 nitrogen and oxygen atoms in total. The van der Waals surface area contributed by atoms with E-state index in [4.69, 9.17) is 29.9 Å². The van der Waals surface area contributed by atoms with Crippen LogP contribution in [0.15, 0.2) is 48.5 Å². The van der Waals surface area contributed by atoms with Crippen molar-refractivity contribution < 1.29 is 39.5 Å². The number of carbonyl (C=O) groups excluding carboxylic acids is 2. The first kappa shape index (κ1) is 12.8. The fourth-order valence-corrected chi connectivity index (χ4v) is 2.29. The van der Waals surface area contributed by atoms with Gasteiger partial charge in [0.05, 0.1) is 45.7 Å². The van der Waals surface area contributed by atoms with Crippen LogP contribution in [0.2, 0.25) is 0 Å². The summed E-state index contributed by atoms with van der Waals surface area (Å²) in [6.07, 6.45) is 1.59. The van der Waals surface area contributed by atoms with Crippen LogP contribution >= 0.6 is 0 Å². The lowest BCUT2D eigenvalue weighted by Crippen LogP contribution is -2.02. The molecular formula is C23H24O6. The maximum absolute atomic E-state index is 12.4. The lowest BCUT2D eigenvalue weighted by molar-refractivity contribution is -0.121. The fourth-order valence-electron chi connectivity index (χ4n) is 2.29. The first-order valence-electron chi connectivity index (χ1n) is 12.3. The molecule has 0 N–H and O–H groups in total. The molecule has 0 atom stereocenters. The van der Waals surface area contributed by atoms with Crippen molar-refractivity contribution in [3.05, 3.63) is 59.6 Å². The number of carbonyl (C=O) groups is 2. The molecule has 0 heterocycles. The van der Waals surface area contributed by atoms with E-state index in [0.717, 1.165) is 0 Å². The molecule has 6 heteroatoms. The first-order chi connectivity index (χ1) is 17.1. The molecule has 0 unspecified atom stereocenters. The highest BCUT2D eigenvalue weighted by Crippen LogP contribution is 2.28. The zero-order valence-corrected chi connectivity index (χ0v) is 15.8. The lowest BCUT2D eigenvalue weighted by Gasteiger charge is -2.07. The summed E-state index contributed by atoms with van der Waals surface area (Å²) >= 11 is 0. The van der Waals surface area contributed by atoms with Crippen LogP contribution in [0, 0.1) is 0 Å². The van der Waals surface area contributed by atoms with Gasteiger partial charge < -0.3 is 18.9 Å². The molecule has 0 aliphatic heterocycles. The molecule has 0 radical (unpaired) electrons. The molecule has 152 valence electrons. The Balaban J connectivity index is 2.14. The van der Waals surface area contributed by atoms with Gasteiger partial charge in [0, 0.05) is 0 Å². The van der Waals surface area contributed by atoms with Gasteiger partial charge in [0.25, 0.3) is 0 Å². The van der Waals surface area contributed by atoms with Crippen molar-refractivity contribution in [3.63, 3.8) is 0 Å². The summed E-state index contributed by atoms with van der Waals surface area (Å²) in [6.45, 7) is 0. The highest BCUT2D eigenvalue weighted by molar-refractivity contribution is 6.10. The third kappa shape index (κ3) is 6.24. The minimum absolute atomic E-state index is 0.0497. The summed E-state index contributed by atoms with van der Waals surface area (Å²) in [5.41, 5.74) is 0.655. The Morgan fingerprint density at radius 2 is 1.24 bits per heavy atom. The molecule has 0 spiro atoms. The number of benzene rings is 2. The second-order valence-electron chi connectivity index (χ2n) is 5.63. The summed E-state index contributed by atoms with van der Waals surface area (Å²) in [5.74, 6) is -1.64. The zero-order chi connectivity index (χ0) is 28.0. The number of ketones is 2. The predicted molar refractivity (Wildman–Crippen MR) is 112 cm³/mol. The van der Waals surface area contributed by atoms with Crippen molar-refractivity contribution in [2.75, 3.05) is 28.3 Å². The Bertz CT molecular complexity index is 1120. The van der Waals surface area contributed by atoms with E-state index in [1.54, 1.807) is 0 Å². The van der Waals surface area contributed by atoms with Crippen LogP contribution in [-0.2, 0) is 9.59 Å². The second-order valence-corrected chi connectivity index (χ2v) is 5.63. The molecule has 0 aliphatic carbocycles. The van der Waals surface area contributed by atoms with E-state index in [1.807, 2.05) is 0 Å². The van der Waals surface area contributed by atoms with Crippen LogP contribution in [0.25, 0.3) is 12.2 Å². The van der Waals surface area contributed by atoms with Gasteiger partial charge in [-0.25, -0.2) is 0 Å². The smallest absolute Gasteiger partial charge is 0.163 e. The van der Waals surface area contributed by atoms with Gasteiger partial charge in [0.15, 0.2) is 34.6 Å². The minimum Gasteiger partial charge on any atom is -0.493 e. The Labute approximate surface area is 181 Å². The van der Waals surface area contributed by atoms with E-state index >= 15 is 0 Å². The number of rotatable bonds is 10. The fraction of sp³-hybridized carbons (Fsp3) is 0.217. The van der Waals surface area contributed by atoms with Gasteiger partial charge >= 0.3 is 0 Å². The lowest BCUT2D eigenvalue weighted by atomic mass is 10.1. The molecule has 0 saturated heterocycles. The van der Waals surface area contributed by atoms with Crippen LogP contribution in [0.4, 0.5) is 0 Å². The van der Waals surface area contributed by atoms with E-state index in [0.29, 0.717) is 11.1 Å². The summed E-state index contributed by atoms with van der Waals surface area (Å²) in [4.78, 5) is 24.8. The van der Waals surface area contributed by atoms with E-state index < -0.39 is 44.2 Å². The van der Waals surface area contributed by atoms with Crippen LogP contribution in [-0.4, -0.2) is 39.9 Å². The molecule has 2 aromatic carbocycles. The molecule has 2 rings (SSSR count). The summed E-state index contributed by atoms with van der Waals surface area (Å²) in [5, 5.41) is 0. The van der Waals surface area contributed by atoms with Crippen molar-refractivity contribution in [1.29, 1.82) is 0 Å².